The molecule has 254 valence electrons. The van der Waals surface area contributed by atoms with E-state index in [0.717, 1.165) is 81.9 Å². The molecule has 11 nitrogen and oxygen atoms in total. The molecule has 2 aliphatic heterocycles. The highest BCUT2D eigenvalue weighted by atomic mass is 16.6. The van der Waals surface area contributed by atoms with Crippen LogP contribution in [0.2, 0.25) is 0 Å². The van der Waals surface area contributed by atoms with Crippen molar-refractivity contribution in [2.45, 2.75) is 126 Å². The summed E-state index contributed by atoms with van der Waals surface area (Å²) >= 11 is 0. The Morgan fingerprint density at radius 1 is 0.936 bits per heavy atom. The van der Waals surface area contributed by atoms with Gasteiger partial charge in [-0.25, -0.2) is 9.59 Å². The molecule has 3 amide bonds. The van der Waals surface area contributed by atoms with Crippen LogP contribution in [-0.4, -0.2) is 76.0 Å². The highest BCUT2D eigenvalue weighted by Gasteiger charge is 2.61. The lowest BCUT2D eigenvalue weighted by Gasteiger charge is -2.29. The van der Waals surface area contributed by atoms with Gasteiger partial charge in [-0.1, -0.05) is 73.3 Å². The summed E-state index contributed by atoms with van der Waals surface area (Å²) in [6, 6.07) is 8.07. The van der Waals surface area contributed by atoms with Gasteiger partial charge in [0.2, 0.25) is 11.8 Å². The summed E-state index contributed by atoms with van der Waals surface area (Å²) in [5, 5.41) is 20.4. The maximum atomic E-state index is 14.3. The minimum Gasteiger partial charge on any atom is -0.479 e. The zero-order valence-electron chi connectivity index (χ0n) is 27.1. The smallest absolute Gasteiger partial charge is 0.408 e. The van der Waals surface area contributed by atoms with Gasteiger partial charge in [-0.2, -0.15) is 0 Å². The number of rotatable bonds is 7. The number of oxime groups is 1. The number of carbonyl (C=O) groups is 4. The third-order valence-corrected chi connectivity index (χ3v) is 10.6. The van der Waals surface area contributed by atoms with Crippen LogP contribution in [0.4, 0.5) is 4.79 Å². The van der Waals surface area contributed by atoms with Gasteiger partial charge in [0.1, 0.15) is 29.8 Å². The number of carbonyl (C=O) groups excluding carboxylic acids is 3. The molecule has 2 heterocycles. The number of carboxylic acid groups (broad SMARTS) is 1. The number of fused-ring (bicyclic) bond motifs is 2. The fourth-order valence-electron chi connectivity index (χ4n) is 7.77. The Balaban J connectivity index is 1.25. The molecular formula is C36H48N4O7. The first-order valence-corrected chi connectivity index (χ1v) is 17.6. The Labute approximate surface area is 276 Å². The van der Waals surface area contributed by atoms with Gasteiger partial charge in [-0.15, -0.1) is 0 Å². The average molecular weight is 649 g/mol. The summed E-state index contributed by atoms with van der Waals surface area (Å²) in [6.07, 6.45) is 14.5. The molecule has 5 atom stereocenters. The van der Waals surface area contributed by atoms with E-state index in [4.69, 9.17) is 9.57 Å². The van der Waals surface area contributed by atoms with Crippen LogP contribution >= 0.6 is 0 Å². The summed E-state index contributed by atoms with van der Waals surface area (Å²) in [6.45, 7) is 0.0897. The Bertz CT molecular complexity index is 1350. The van der Waals surface area contributed by atoms with E-state index in [9.17, 15) is 24.3 Å². The van der Waals surface area contributed by atoms with Crippen molar-refractivity contribution in [2.75, 3.05) is 6.54 Å². The maximum absolute atomic E-state index is 14.3. The first-order valence-electron chi connectivity index (χ1n) is 17.6. The number of nitrogens with one attached hydrogen (secondary N) is 2. The number of amides is 3. The summed E-state index contributed by atoms with van der Waals surface area (Å²) in [7, 11) is 0. The first kappa shape index (κ1) is 33.0. The molecule has 0 spiro atoms. The van der Waals surface area contributed by atoms with Crippen LogP contribution in [0.3, 0.4) is 0 Å². The predicted molar refractivity (Wildman–Crippen MR) is 174 cm³/mol. The third kappa shape index (κ3) is 7.81. The molecule has 6 rings (SSSR count). The topological polar surface area (TPSA) is 147 Å². The van der Waals surface area contributed by atoms with E-state index in [1.54, 1.807) is 0 Å². The number of allylic oxidation sites excluding steroid dienone is 1. The van der Waals surface area contributed by atoms with Gasteiger partial charge in [0.05, 0.1) is 12.3 Å². The van der Waals surface area contributed by atoms with Gasteiger partial charge in [0.25, 0.3) is 0 Å². The molecule has 3 saturated carbocycles. The van der Waals surface area contributed by atoms with Crippen molar-refractivity contribution in [3.8, 4) is 0 Å². The van der Waals surface area contributed by atoms with Crippen LogP contribution < -0.4 is 10.6 Å². The van der Waals surface area contributed by atoms with E-state index in [0.29, 0.717) is 19.3 Å². The molecule has 3 aliphatic carbocycles. The second-order valence-corrected chi connectivity index (χ2v) is 13.9. The molecular weight excluding hydrogens is 600 g/mol. The van der Waals surface area contributed by atoms with Crippen molar-refractivity contribution < 1.29 is 33.9 Å². The lowest BCUT2D eigenvalue weighted by atomic mass is 9.95. The molecule has 1 saturated heterocycles. The molecule has 0 aromatic heterocycles. The predicted octanol–water partition coefficient (Wildman–Crippen LogP) is 5.08. The summed E-state index contributed by atoms with van der Waals surface area (Å²) in [5.74, 6) is -2.06. The standard InChI is InChI=1S/C36H48N4O7/c41-32-30-21-28(47-39-31(25-15-9-10-16-25)24-13-5-4-6-14-24)23-40(30)33(42)29(37-35(45)46-27-18-11-12-19-27)20-8-3-1-2-7-17-26-22-36(26,38-32)34(43)44/h4-7,13-14,17,25-30H,1-3,8-12,15-16,18-23H2,(H,37,45)(H,38,41)(H,43,44)/b17-7-,39-31-/t26-,28-,29+,30+,36+/m1/s1. The van der Waals surface area contributed by atoms with Crippen molar-refractivity contribution in [3.63, 3.8) is 0 Å². The van der Waals surface area contributed by atoms with Crippen molar-refractivity contribution in [1.29, 1.82) is 0 Å². The van der Waals surface area contributed by atoms with Gasteiger partial charge < -0.3 is 30.2 Å². The summed E-state index contributed by atoms with van der Waals surface area (Å²) < 4.78 is 5.64. The van der Waals surface area contributed by atoms with Crippen LogP contribution in [0.5, 0.6) is 0 Å². The van der Waals surface area contributed by atoms with Crippen LogP contribution in [0.25, 0.3) is 0 Å². The lowest BCUT2D eigenvalue weighted by Crippen LogP contribution is -2.56. The minimum atomic E-state index is -1.40. The van der Waals surface area contributed by atoms with E-state index in [1.165, 1.54) is 4.90 Å². The molecule has 0 bridgehead atoms. The number of alkyl carbamates (subject to hydrolysis) is 1. The number of hydrogen-bond acceptors (Lipinski definition) is 7. The number of hydrogen-bond donors (Lipinski definition) is 3. The molecule has 1 aromatic rings. The monoisotopic (exact) mass is 648 g/mol. The van der Waals surface area contributed by atoms with E-state index >= 15 is 0 Å². The fourth-order valence-corrected chi connectivity index (χ4v) is 7.77. The second-order valence-electron chi connectivity index (χ2n) is 13.9. The Hall–Kier alpha value is -3.89. The normalized spacial score (nSPS) is 31.6. The molecule has 5 aliphatic rings. The van der Waals surface area contributed by atoms with Gasteiger partial charge in [-0.05, 0) is 69.8 Å². The highest BCUT2D eigenvalue weighted by molar-refractivity contribution is 6.02. The van der Waals surface area contributed by atoms with Gasteiger partial charge in [0.15, 0.2) is 0 Å². The Morgan fingerprint density at radius 2 is 1.66 bits per heavy atom. The third-order valence-electron chi connectivity index (χ3n) is 10.6. The van der Waals surface area contributed by atoms with E-state index in [2.05, 4.69) is 15.8 Å². The lowest BCUT2D eigenvalue weighted by molar-refractivity contribution is -0.145. The Kier molecular flexibility index (Phi) is 10.5. The zero-order valence-corrected chi connectivity index (χ0v) is 27.1. The maximum Gasteiger partial charge on any atom is 0.408 e. The van der Waals surface area contributed by atoms with Crippen molar-refractivity contribution in [2.24, 2.45) is 17.0 Å². The number of aliphatic carboxylic acids is 1. The summed E-state index contributed by atoms with van der Waals surface area (Å²) in [5.41, 5.74) is 0.461. The molecule has 4 fully saturated rings. The first-order chi connectivity index (χ1) is 22.8. The molecule has 47 heavy (non-hydrogen) atoms. The molecule has 0 radical (unpaired) electrons. The fraction of sp³-hybridized carbons (Fsp3) is 0.639. The number of benzene rings is 1. The van der Waals surface area contributed by atoms with Crippen LogP contribution in [0.1, 0.15) is 102 Å². The van der Waals surface area contributed by atoms with Crippen LogP contribution in [-0.2, 0) is 24.0 Å². The Morgan fingerprint density at radius 3 is 2.40 bits per heavy atom. The molecule has 3 N–H and O–H groups in total. The highest BCUT2D eigenvalue weighted by Crippen LogP contribution is 2.45. The quantitative estimate of drug-likeness (QED) is 0.212. The van der Waals surface area contributed by atoms with E-state index in [1.807, 2.05) is 42.5 Å². The minimum absolute atomic E-state index is 0.0897. The zero-order chi connectivity index (χ0) is 32.8. The molecule has 0 unspecified atom stereocenters. The molecule has 11 heteroatoms. The van der Waals surface area contributed by atoms with Crippen LogP contribution in [0.15, 0.2) is 47.6 Å². The van der Waals surface area contributed by atoms with Crippen molar-refractivity contribution >= 4 is 29.6 Å². The van der Waals surface area contributed by atoms with E-state index in [-0.39, 0.29) is 30.9 Å². The van der Waals surface area contributed by atoms with Crippen molar-refractivity contribution in [3.05, 3.63) is 48.0 Å². The van der Waals surface area contributed by atoms with Gasteiger partial charge in [0, 0.05) is 18.3 Å². The van der Waals surface area contributed by atoms with Crippen LogP contribution in [0, 0.1) is 11.8 Å². The second kappa shape index (κ2) is 14.9. The average Bonchev–Trinajstić information content (AvgIpc) is 3.56. The van der Waals surface area contributed by atoms with Crippen molar-refractivity contribution in [1.82, 2.24) is 15.5 Å². The number of carboxylic acids is 1. The number of nitrogens with zero attached hydrogens (tertiary/aromatic N) is 2. The van der Waals surface area contributed by atoms with Gasteiger partial charge >= 0.3 is 12.1 Å². The SMILES string of the molecule is O=C(N[C@H]1CCCCC/C=C\[C@@H]2C[C@]2(C(=O)O)NC(=O)[C@@H]2C[C@@H](O/N=C(/c3ccccc3)C3CCCC3)CN2C1=O)OC1CCCC1. The van der Waals surface area contributed by atoms with Gasteiger partial charge in [-0.3, -0.25) is 9.59 Å². The van der Waals surface area contributed by atoms with E-state index < -0.39 is 47.6 Å². The summed E-state index contributed by atoms with van der Waals surface area (Å²) in [4.78, 5) is 61.1. The largest absolute Gasteiger partial charge is 0.479 e. The number of ether oxygens (including phenoxy) is 1. The molecule has 1 aromatic carbocycles.